The predicted molar refractivity (Wildman–Crippen MR) is 144 cm³/mol. The van der Waals surface area contributed by atoms with Gasteiger partial charge in [0, 0.05) is 17.1 Å². The van der Waals surface area contributed by atoms with Crippen molar-refractivity contribution >= 4 is 39.1 Å². The number of para-hydroxylation sites is 2. The first kappa shape index (κ1) is 29.5. The molecule has 0 saturated carbocycles. The SMILES string of the molecule is CCOc1ccccc1N(CC(=O)N(Cc1ccc(Cl)cc1)[C@H](CC)C(=O)NC(C)(C)C)S(C)(=O)=O. The maximum atomic E-state index is 13.8. The molecule has 2 aromatic carbocycles. The highest BCUT2D eigenvalue weighted by molar-refractivity contribution is 7.92. The molecule has 0 fully saturated rings. The summed E-state index contributed by atoms with van der Waals surface area (Å²) in [5.41, 5.74) is 0.513. The molecule has 10 heteroatoms. The fourth-order valence-electron chi connectivity index (χ4n) is 3.69. The average molecular weight is 538 g/mol. The van der Waals surface area contributed by atoms with Gasteiger partial charge in [0.2, 0.25) is 21.8 Å². The number of carbonyl (C=O) groups is 2. The number of rotatable bonds is 11. The summed E-state index contributed by atoms with van der Waals surface area (Å²) in [7, 11) is -3.86. The molecule has 8 nitrogen and oxygen atoms in total. The summed E-state index contributed by atoms with van der Waals surface area (Å²) in [6.45, 7) is 9.13. The minimum absolute atomic E-state index is 0.108. The van der Waals surface area contributed by atoms with E-state index in [1.807, 2.05) is 27.7 Å². The van der Waals surface area contributed by atoms with E-state index in [1.54, 1.807) is 55.5 Å². The molecule has 198 valence electrons. The van der Waals surface area contributed by atoms with Crippen molar-refractivity contribution < 1.29 is 22.7 Å². The van der Waals surface area contributed by atoms with E-state index in [0.29, 0.717) is 23.8 Å². The fourth-order valence-corrected chi connectivity index (χ4v) is 4.67. The maximum absolute atomic E-state index is 13.8. The molecule has 0 unspecified atom stereocenters. The molecule has 1 N–H and O–H groups in total. The summed E-state index contributed by atoms with van der Waals surface area (Å²) in [5, 5.41) is 3.48. The van der Waals surface area contributed by atoms with Gasteiger partial charge in [0.25, 0.3) is 0 Å². The van der Waals surface area contributed by atoms with Gasteiger partial charge in [-0.15, -0.1) is 0 Å². The van der Waals surface area contributed by atoms with E-state index in [2.05, 4.69) is 5.32 Å². The molecule has 2 rings (SSSR count). The van der Waals surface area contributed by atoms with Gasteiger partial charge in [-0.2, -0.15) is 0 Å². The van der Waals surface area contributed by atoms with Gasteiger partial charge in [-0.05, 0) is 63.9 Å². The molecule has 0 aliphatic heterocycles. The van der Waals surface area contributed by atoms with Crippen LogP contribution >= 0.6 is 11.6 Å². The van der Waals surface area contributed by atoms with E-state index in [1.165, 1.54) is 4.90 Å². The van der Waals surface area contributed by atoms with Gasteiger partial charge < -0.3 is 15.0 Å². The molecule has 0 aliphatic rings. The first-order valence-electron chi connectivity index (χ1n) is 11.8. The first-order chi connectivity index (χ1) is 16.8. The second kappa shape index (κ2) is 12.5. The van der Waals surface area contributed by atoms with E-state index in [9.17, 15) is 18.0 Å². The number of sulfonamides is 1. The lowest BCUT2D eigenvalue weighted by atomic mass is 10.1. The van der Waals surface area contributed by atoms with Crippen molar-refractivity contribution in [2.24, 2.45) is 0 Å². The number of hydrogen-bond acceptors (Lipinski definition) is 5. The van der Waals surface area contributed by atoms with Crippen LogP contribution in [-0.2, 0) is 26.2 Å². The van der Waals surface area contributed by atoms with Crippen molar-refractivity contribution in [2.75, 3.05) is 23.7 Å². The van der Waals surface area contributed by atoms with Crippen molar-refractivity contribution in [3.63, 3.8) is 0 Å². The standard InChI is InChI=1S/C26H36ClN3O5S/c1-7-21(25(32)28-26(3,4)5)29(17-19-13-15-20(27)16-14-19)24(31)18-30(36(6,33)34)22-11-9-10-12-23(22)35-8-2/h9-16,21H,7-8,17-18H2,1-6H3,(H,28,32)/t21-/m1/s1. The predicted octanol–water partition coefficient (Wildman–Crippen LogP) is 4.23. The Morgan fingerprint density at radius 3 is 2.19 bits per heavy atom. The van der Waals surface area contributed by atoms with E-state index >= 15 is 0 Å². The summed E-state index contributed by atoms with van der Waals surface area (Å²) in [6, 6.07) is 12.8. The van der Waals surface area contributed by atoms with Crippen molar-refractivity contribution in [1.29, 1.82) is 0 Å². The zero-order valence-electron chi connectivity index (χ0n) is 21.7. The summed E-state index contributed by atoms with van der Waals surface area (Å²) < 4.78 is 32.3. The molecule has 0 saturated heterocycles. The lowest BCUT2D eigenvalue weighted by Gasteiger charge is -2.34. The second-order valence-electron chi connectivity index (χ2n) is 9.48. The van der Waals surface area contributed by atoms with Crippen LogP contribution in [0.15, 0.2) is 48.5 Å². The minimum atomic E-state index is -3.86. The molecular weight excluding hydrogens is 502 g/mol. The summed E-state index contributed by atoms with van der Waals surface area (Å²) >= 11 is 6.02. The Morgan fingerprint density at radius 1 is 1.06 bits per heavy atom. The molecular formula is C26H36ClN3O5S. The number of carbonyl (C=O) groups excluding carboxylic acids is 2. The Balaban J connectivity index is 2.49. The lowest BCUT2D eigenvalue weighted by molar-refractivity contribution is -0.141. The van der Waals surface area contributed by atoms with Crippen LogP contribution in [0.25, 0.3) is 0 Å². The van der Waals surface area contributed by atoms with E-state index < -0.39 is 34.1 Å². The summed E-state index contributed by atoms with van der Waals surface area (Å²) in [5.74, 6) is -0.481. The third-order valence-electron chi connectivity index (χ3n) is 5.26. The van der Waals surface area contributed by atoms with Gasteiger partial charge in [0.1, 0.15) is 18.3 Å². The van der Waals surface area contributed by atoms with Crippen LogP contribution in [0.4, 0.5) is 5.69 Å². The van der Waals surface area contributed by atoms with Crippen LogP contribution in [-0.4, -0.2) is 56.1 Å². The van der Waals surface area contributed by atoms with Crippen LogP contribution < -0.4 is 14.4 Å². The third-order valence-corrected chi connectivity index (χ3v) is 6.64. The number of nitrogens with zero attached hydrogens (tertiary/aromatic N) is 2. The van der Waals surface area contributed by atoms with Gasteiger partial charge >= 0.3 is 0 Å². The van der Waals surface area contributed by atoms with Gasteiger partial charge in [-0.1, -0.05) is 42.8 Å². The van der Waals surface area contributed by atoms with Gasteiger partial charge in [0.15, 0.2) is 0 Å². The van der Waals surface area contributed by atoms with Crippen molar-refractivity contribution in [1.82, 2.24) is 10.2 Å². The van der Waals surface area contributed by atoms with Crippen molar-refractivity contribution in [3.8, 4) is 5.75 Å². The van der Waals surface area contributed by atoms with Crippen LogP contribution in [0, 0.1) is 0 Å². The number of anilines is 1. The quantitative estimate of drug-likeness (QED) is 0.463. The molecule has 2 aromatic rings. The van der Waals surface area contributed by atoms with Crippen LogP contribution in [0.5, 0.6) is 5.75 Å². The number of ether oxygens (including phenoxy) is 1. The number of amides is 2. The highest BCUT2D eigenvalue weighted by Crippen LogP contribution is 2.30. The molecule has 1 atom stereocenters. The van der Waals surface area contributed by atoms with Crippen LogP contribution in [0.2, 0.25) is 5.02 Å². The van der Waals surface area contributed by atoms with E-state index in [0.717, 1.165) is 16.1 Å². The first-order valence-corrected chi connectivity index (χ1v) is 14.0. The molecule has 0 heterocycles. The Bertz CT molecular complexity index is 1150. The third kappa shape index (κ3) is 8.41. The second-order valence-corrected chi connectivity index (χ2v) is 11.8. The molecule has 0 spiro atoms. The Morgan fingerprint density at radius 2 is 1.67 bits per heavy atom. The van der Waals surface area contributed by atoms with E-state index in [4.69, 9.17) is 16.3 Å². The number of halogens is 1. The normalized spacial score (nSPS) is 12.5. The highest BCUT2D eigenvalue weighted by Gasteiger charge is 2.33. The van der Waals surface area contributed by atoms with E-state index in [-0.39, 0.29) is 18.1 Å². The topological polar surface area (TPSA) is 96.0 Å². The monoisotopic (exact) mass is 537 g/mol. The Hall–Kier alpha value is -2.78. The number of benzene rings is 2. The fraction of sp³-hybridized carbons (Fsp3) is 0.462. The van der Waals surface area contributed by atoms with Gasteiger partial charge in [-0.25, -0.2) is 8.42 Å². The number of nitrogens with one attached hydrogen (secondary N) is 1. The molecule has 0 aliphatic carbocycles. The minimum Gasteiger partial charge on any atom is -0.492 e. The van der Waals surface area contributed by atoms with Crippen LogP contribution in [0.1, 0.15) is 46.6 Å². The Labute approximate surface area is 219 Å². The maximum Gasteiger partial charge on any atom is 0.244 e. The van der Waals surface area contributed by atoms with Gasteiger partial charge in [-0.3, -0.25) is 13.9 Å². The van der Waals surface area contributed by atoms with Crippen molar-refractivity contribution in [2.45, 2.75) is 59.2 Å². The molecule has 0 bridgehead atoms. The summed E-state index contributed by atoms with van der Waals surface area (Å²) in [6.07, 6.45) is 1.38. The zero-order chi connectivity index (χ0) is 27.1. The molecule has 2 amide bonds. The zero-order valence-corrected chi connectivity index (χ0v) is 23.3. The summed E-state index contributed by atoms with van der Waals surface area (Å²) in [4.78, 5) is 28.4. The highest BCUT2D eigenvalue weighted by atomic mass is 35.5. The lowest BCUT2D eigenvalue weighted by Crippen LogP contribution is -2.55. The largest absolute Gasteiger partial charge is 0.492 e. The molecule has 36 heavy (non-hydrogen) atoms. The average Bonchev–Trinajstić information content (AvgIpc) is 2.77. The van der Waals surface area contributed by atoms with Gasteiger partial charge in [0.05, 0.1) is 18.6 Å². The molecule has 0 aromatic heterocycles. The van der Waals surface area contributed by atoms with Crippen LogP contribution in [0.3, 0.4) is 0 Å². The number of hydrogen-bond donors (Lipinski definition) is 1. The smallest absolute Gasteiger partial charge is 0.244 e. The Kier molecular flexibility index (Phi) is 10.2. The van der Waals surface area contributed by atoms with Crippen molar-refractivity contribution in [3.05, 3.63) is 59.1 Å². The molecule has 0 radical (unpaired) electrons.